The molecule has 3 nitrogen and oxygen atoms in total. The SMILES string of the molecule is C=C(C)C(CB1N(C)CCN1C)C(O)c1ccccc1. The van der Waals surface area contributed by atoms with Crippen molar-refractivity contribution in [1.29, 1.82) is 0 Å². The van der Waals surface area contributed by atoms with Crippen LogP contribution in [0.1, 0.15) is 18.6 Å². The lowest BCUT2D eigenvalue weighted by Crippen LogP contribution is -2.42. The maximum Gasteiger partial charge on any atom is 0.311 e. The van der Waals surface area contributed by atoms with Crippen LogP contribution >= 0.6 is 0 Å². The summed E-state index contributed by atoms with van der Waals surface area (Å²) in [4.78, 5) is 4.71. The molecule has 0 bridgehead atoms. The summed E-state index contributed by atoms with van der Waals surface area (Å²) in [5.74, 6) is 0.0883. The van der Waals surface area contributed by atoms with Gasteiger partial charge in [-0.05, 0) is 32.9 Å². The molecule has 20 heavy (non-hydrogen) atoms. The van der Waals surface area contributed by atoms with Gasteiger partial charge in [0.2, 0.25) is 0 Å². The molecule has 0 spiro atoms. The molecule has 1 fully saturated rings. The lowest BCUT2D eigenvalue weighted by molar-refractivity contribution is 0.133. The molecular weight excluding hydrogens is 247 g/mol. The number of benzene rings is 1. The van der Waals surface area contributed by atoms with Crippen molar-refractivity contribution in [1.82, 2.24) is 9.62 Å². The van der Waals surface area contributed by atoms with E-state index in [-0.39, 0.29) is 5.92 Å². The number of hydrogen-bond donors (Lipinski definition) is 1. The summed E-state index contributed by atoms with van der Waals surface area (Å²) in [7, 11) is 4.30. The summed E-state index contributed by atoms with van der Waals surface area (Å²) in [5, 5.41) is 10.7. The first-order valence-electron chi connectivity index (χ1n) is 7.29. The predicted molar refractivity (Wildman–Crippen MR) is 85.5 cm³/mol. The summed E-state index contributed by atoms with van der Waals surface area (Å²) in [6, 6.07) is 9.90. The van der Waals surface area contributed by atoms with E-state index in [1.54, 1.807) is 0 Å². The molecule has 2 unspecified atom stereocenters. The minimum atomic E-state index is -0.476. The summed E-state index contributed by atoms with van der Waals surface area (Å²) < 4.78 is 0. The van der Waals surface area contributed by atoms with Gasteiger partial charge in [0.05, 0.1) is 6.10 Å². The third-order valence-electron chi connectivity index (χ3n) is 4.44. The average Bonchev–Trinajstić information content (AvgIpc) is 2.75. The highest BCUT2D eigenvalue weighted by molar-refractivity contribution is 6.53. The number of rotatable bonds is 5. The Kier molecular flexibility index (Phi) is 5.03. The van der Waals surface area contributed by atoms with Crippen LogP contribution in [0, 0.1) is 5.92 Å². The van der Waals surface area contributed by atoms with Crippen molar-refractivity contribution in [2.75, 3.05) is 27.2 Å². The Balaban J connectivity index is 2.13. The maximum absolute atomic E-state index is 10.7. The third kappa shape index (κ3) is 3.32. The van der Waals surface area contributed by atoms with Gasteiger partial charge in [0.1, 0.15) is 0 Å². The fourth-order valence-corrected chi connectivity index (χ4v) is 3.02. The van der Waals surface area contributed by atoms with E-state index in [1.165, 1.54) is 0 Å². The highest BCUT2D eigenvalue weighted by atomic mass is 16.3. The Labute approximate surface area is 123 Å². The Hall–Kier alpha value is -1.10. The highest BCUT2D eigenvalue weighted by Gasteiger charge is 2.36. The van der Waals surface area contributed by atoms with Gasteiger partial charge >= 0.3 is 6.98 Å². The maximum atomic E-state index is 10.7. The van der Waals surface area contributed by atoms with E-state index < -0.39 is 6.10 Å². The van der Waals surface area contributed by atoms with Gasteiger partial charge in [-0.3, -0.25) is 0 Å². The monoisotopic (exact) mass is 272 g/mol. The molecule has 1 aromatic carbocycles. The topological polar surface area (TPSA) is 26.7 Å². The molecule has 0 amide bonds. The molecule has 1 aliphatic heterocycles. The molecule has 1 aliphatic rings. The van der Waals surface area contributed by atoms with E-state index in [4.69, 9.17) is 0 Å². The number of likely N-dealkylation sites (N-methyl/N-ethyl adjacent to an activating group) is 2. The van der Waals surface area contributed by atoms with E-state index in [1.807, 2.05) is 37.3 Å². The molecular formula is C16H25BN2O. The second kappa shape index (κ2) is 6.57. The van der Waals surface area contributed by atoms with Gasteiger partial charge in [-0.1, -0.05) is 42.5 Å². The standard InChI is InChI=1S/C16H25BN2O/c1-13(2)15(12-17-18(3)10-11-19(17)4)16(20)14-8-6-5-7-9-14/h5-9,15-16,20H,1,10-12H2,2-4H3. The Morgan fingerprint density at radius 1 is 1.25 bits per heavy atom. The van der Waals surface area contributed by atoms with E-state index in [2.05, 4.69) is 30.3 Å². The molecule has 1 aromatic rings. The largest absolute Gasteiger partial charge is 0.388 e. The van der Waals surface area contributed by atoms with E-state index >= 15 is 0 Å². The van der Waals surface area contributed by atoms with Gasteiger partial charge in [-0.15, -0.1) is 0 Å². The van der Waals surface area contributed by atoms with Gasteiger partial charge < -0.3 is 14.7 Å². The number of hydrogen-bond acceptors (Lipinski definition) is 3. The van der Waals surface area contributed by atoms with E-state index in [9.17, 15) is 5.11 Å². The molecule has 2 atom stereocenters. The van der Waals surface area contributed by atoms with Crippen molar-refractivity contribution >= 4 is 6.98 Å². The zero-order valence-corrected chi connectivity index (χ0v) is 12.8. The van der Waals surface area contributed by atoms with Crippen LogP contribution in [0.15, 0.2) is 42.5 Å². The first kappa shape index (κ1) is 15.3. The zero-order chi connectivity index (χ0) is 14.7. The Morgan fingerprint density at radius 3 is 2.30 bits per heavy atom. The Morgan fingerprint density at radius 2 is 1.80 bits per heavy atom. The fraction of sp³-hybridized carbons (Fsp3) is 0.500. The van der Waals surface area contributed by atoms with Crippen LogP contribution in [0.3, 0.4) is 0 Å². The first-order valence-corrected chi connectivity index (χ1v) is 7.29. The average molecular weight is 272 g/mol. The van der Waals surface area contributed by atoms with Gasteiger partial charge in [0.25, 0.3) is 0 Å². The molecule has 0 radical (unpaired) electrons. The molecule has 108 valence electrons. The van der Waals surface area contributed by atoms with Gasteiger partial charge in [0.15, 0.2) is 0 Å². The van der Waals surface area contributed by atoms with Crippen molar-refractivity contribution in [3.63, 3.8) is 0 Å². The third-order valence-corrected chi connectivity index (χ3v) is 4.44. The number of aliphatic hydroxyl groups is 1. The van der Waals surface area contributed by atoms with E-state index in [0.717, 1.165) is 30.5 Å². The normalized spacial score (nSPS) is 20.1. The van der Waals surface area contributed by atoms with Crippen molar-refractivity contribution < 1.29 is 5.11 Å². The van der Waals surface area contributed by atoms with Crippen LogP contribution in [0.4, 0.5) is 0 Å². The van der Waals surface area contributed by atoms with Crippen molar-refractivity contribution in [3.05, 3.63) is 48.0 Å². The van der Waals surface area contributed by atoms with Crippen LogP contribution in [-0.4, -0.2) is 48.9 Å². The summed E-state index contributed by atoms with van der Waals surface area (Å²) in [6.45, 7) is 8.68. The van der Waals surface area contributed by atoms with Crippen LogP contribution in [0.2, 0.25) is 6.32 Å². The smallest absolute Gasteiger partial charge is 0.311 e. The summed E-state index contributed by atoms with van der Waals surface area (Å²) >= 11 is 0. The molecule has 0 aliphatic carbocycles. The second-order valence-corrected chi connectivity index (χ2v) is 5.99. The molecule has 0 saturated carbocycles. The van der Waals surface area contributed by atoms with Gasteiger partial charge in [-0.25, -0.2) is 0 Å². The van der Waals surface area contributed by atoms with Crippen molar-refractivity contribution in [3.8, 4) is 0 Å². The van der Waals surface area contributed by atoms with Crippen molar-refractivity contribution in [2.24, 2.45) is 5.92 Å². The molecule has 0 aromatic heterocycles. The lowest BCUT2D eigenvalue weighted by Gasteiger charge is -2.29. The highest BCUT2D eigenvalue weighted by Crippen LogP contribution is 2.32. The molecule has 1 N–H and O–H groups in total. The van der Waals surface area contributed by atoms with Gasteiger partial charge in [0, 0.05) is 19.0 Å². The van der Waals surface area contributed by atoms with Gasteiger partial charge in [-0.2, -0.15) is 0 Å². The van der Waals surface area contributed by atoms with Crippen LogP contribution in [0.5, 0.6) is 0 Å². The molecule has 2 rings (SSSR count). The fourth-order valence-electron chi connectivity index (χ4n) is 3.02. The lowest BCUT2D eigenvalue weighted by atomic mass is 9.63. The van der Waals surface area contributed by atoms with Crippen LogP contribution in [-0.2, 0) is 0 Å². The quantitative estimate of drug-likeness (QED) is 0.658. The predicted octanol–water partition coefficient (Wildman–Crippen LogP) is 2.28. The van der Waals surface area contributed by atoms with E-state index in [0.29, 0.717) is 6.98 Å². The minimum absolute atomic E-state index is 0.0883. The van der Waals surface area contributed by atoms with Crippen LogP contribution < -0.4 is 0 Å². The Bertz CT molecular complexity index is 441. The molecule has 1 saturated heterocycles. The first-order chi connectivity index (χ1) is 9.50. The second-order valence-electron chi connectivity index (χ2n) is 5.99. The molecule has 4 heteroatoms. The summed E-state index contributed by atoms with van der Waals surface area (Å²) in [5.41, 5.74) is 2.03. The number of nitrogens with zero attached hydrogens (tertiary/aromatic N) is 2. The minimum Gasteiger partial charge on any atom is -0.388 e. The number of aliphatic hydroxyl groups excluding tert-OH is 1. The molecule has 1 heterocycles. The van der Waals surface area contributed by atoms with Crippen molar-refractivity contribution in [2.45, 2.75) is 19.3 Å². The summed E-state index contributed by atoms with van der Waals surface area (Å²) in [6.07, 6.45) is 0.439. The van der Waals surface area contributed by atoms with Crippen LogP contribution in [0.25, 0.3) is 0 Å². The zero-order valence-electron chi connectivity index (χ0n) is 12.8.